The third-order valence-electron chi connectivity index (χ3n) is 3.92. The molecule has 0 bridgehead atoms. The largest absolute Gasteiger partial charge is 0.320 e. The number of hydrogen-bond donors (Lipinski definition) is 0. The molecule has 1 heterocycles. The van der Waals surface area contributed by atoms with Gasteiger partial charge in [-0.25, -0.2) is 4.39 Å². The smallest absolute Gasteiger partial charge is 0.309 e. The van der Waals surface area contributed by atoms with Crippen LogP contribution in [0.2, 0.25) is 5.02 Å². The van der Waals surface area contributed by atoms with Crippen LogP contribution in [0.15, 0.2) is 40.2 Å². The first-order valence-electron chi connectivity index (χ1n) is 6.84. The molecule has 0 amide bonds. The molecular formula is C15H14ClFN2O2. The minimum Gasteiger partial charge on any atom is -0.309 e. The molecule has 0 aliphatic heterocycles. The molecule has 0 saturated heterocycles. The Morgan fingerprint density at radius 1 is 1.19 bits per heavy atom. The molecule has 1 aromatic heterocycles. The molecule has 1 aliphatic carbocycles. The lowest BCUT2D eigenvalue weighted by Crippen LogP contribution is -2.41. The van der Waals surface area contributed by atoms with Gasteiger partial charge in [-0.1, -0.05) is 18.0 Å². The maximum Gasteiger partial charge on any atom is 0.320 e. The summed E-state index contributed by atoms with van der Waals surface area (Å²) in [7, 11) is 0. The van der Waals surface area contributed by atoms with Gasteiger partial charge in [0.25, 0.3) is 0 Å². The summed E-state index contributed by atoms with van der Waals surface area (Å²) in [6.45, 7) is 0.582. The molecule has 6 heteroatoms. The summed E-state index contributed by atoms with van der Waals surface area (Å²) < 4.78 is 15.8. The summed E-state index contributed by atoms with van der Waals surface area (Å²) in [5.41, 5.74) is -0.844. The highest BCUT2D eigenvalue weighted by Gasteiger charge is 2.19. The molecule has 0 radical (unpaired) electrons. The summed E-state index contributed by atoms with van der Waals surface area (Å²) >= 11 is 5.71. The Kier molecular flexibility index (Phi) is 3.68. The van der Waals surface area contributed by atoms with Crippen molar-refractivity contribution in [3.8, 4) is 5.69 Å². The number of nitrogens with zero attached hydrogens (tertiary/aromatic N) is 2. The van der Waals surface area contributed by atoms with Gasteiger partial charge in [-0.05, 0) is 37.0 Å². The molecule has 1 fully saturated rings. The second kappa shape index (κ2) is 5.48. The van der Waals surface area contributed by atoms with Crippen molar-refractivity contribution in [2.45, 2.75) is 25.8 Å². The van der Waals surface area contributed by atoms with E-state index in [0.29, 0.717) is 18.2 Å². The molecule has 4 nitrogen and oxygen atoms in total. The van der Waals surface area contributed by atoms with Gasteiger partial charge in [0.05, 0.1) is 10.7 Å². The monoisotopic (exact) mass is 308 g/mol. The fourth-order valence-corrected chi connectivity index (χ4v) is 2.62. The average molecular weight is 309 g/mol. The molecule has 2 aromatic rings. The van der Waals surface area contributed by atoms with Crippen molar-refractivity contribution in [1.29, 1.82) is 0 Å². The molecular weight excluding hydrogens is 295 g/mol. The van der Waals surface area contributed by atoms with Gasteiger partial charge < -0.3 is 4.57 Å². The minimum atomic E-state index is -0.653. The van der Waals surface area contributed by atoms with Crippen LogP contribution in [0.5, 0.6) is 0 Å². The topological polar surface area (TPSA) is 44.0 Å². The van der Waals surface area contributed by atoms with Crippen molar-refractivity contribution in [3.05, 3.63) is 62.1 Å². The van der Waals surface area contributed by atoms with E-state index >= 15 is 0 Å². The van der Waals surface area contributed by atoms with Crippen LogP contribution in [-0.4, -0.2) is 9.13 Å². The van der Waals surface area contributed by atoms with Crippen molar-refractivity contribution >= 4 is 11.6 Å². The maximum atomic E-state index is 13.2. The molecule has 0 spiro atoms. The van der Waals surface area contributed by atoms with Crippen LogP contribution in [0, 0.1) is 11.7 Å². The summed E-state index contributed by atoms with van der Waals surface area (Å²) in [6.07, 6.45) is 6.50. The Hall–Kier alpha value is -1.88. The molecule has 1 saturated carbocycles. The lowest BCUT2D eigenvalue weighted by molar-refractivity contribution is 0.272. The van der Waals surface area contributed by atoms with Crippen LogP contribution < -0.4 is 11.1 Å². The lowest BCUT2D eigenvalue weighted by atomic mass is 9.85. The number of aromatic nitrogens is 2. The Balaban J connectivity index is 2.00. The van der Waals surface area contributed by atoms with E-state index < -0.39 is 16.9 Å². The predicted octanol–water partition coefficient (Wildman–Crippen LogP) is 2.59. The van der Waals surface area contributed by atoms with Gasteiger partial charge in [0.2, 0.25) is 0 Å². The van der Waals surface area contributed by atoms with Gasteiger partial charge in [0.15, 0.2) is 0 Å². The zero-order chi connectivity index (χ0) is 15.0. The lowest BCUT2D eigenvalue weighted by Gasteiger charge is -2.25. The average Bonchev–Trinajstić information content (AvgIpc) is 2.42. The van der Waals surface area contributed by atoms with E-state index in [1.807, 2.05) is 0 Å². The van der Waals surface area contributed by atoms with Crippen molar-refractivity contribution in [1.82, 2.24) is 9.13 Å². The standard InChI is InChI=1S/C15H14ClFN2O2/c16-12-8-11(4-5-13(12)17)19-7-6-18(14(20)15(19)21)9-10-2-1-3-10/h4-8,10H,1-3,9H2. The van der Waals surface area contributed by atoms with Crippen molar-refractivity contribution in [2.75, 3.05) is 0 Å². The third kappa shape index (κ3) is 2.65. The van der Waals surface area contributed by atoms with Crippen LogP contribution in [0.3, 0.4) is 0 Å². The summed E-state index contributed by atoms with van der Waals surface area (Å²) in [5, 5.41) is -0.0851. The molecule has 1 aliphatic rings. The van der Waals surface area contributed by atoms with Crippen molar-refractivity contribution in [3.63, 3.8) is 0 Å². The van der Waals surface area contributed by atoms with Gasteiger partial charge in [-0.2, -0.15) is 0 Å². The number of halogens is 2. The van der Waals surface area contributed by atoms with Crippen LogP contribution in [0.4, 0.5) is 4.39 Å². The van der Waals surface area contributed by atoms with Gasteiger partial charge in [-0.3, -0.25) is 14.2 Å². The van der Waals surface area contributed by atoms with Crippen molar-refractivity contribution < 1.29 is 4.39 Å². The number of benzene rings is 1. The van der Waals surface area contributed by atoms with E-state index in [-0.39, 0.29) is 5.02 Å². The zero-order valence-electron chi connectivity index (χ0n) is 11.3. The Morgan fingerprint density at radius 3 is 2.57 bits per heavy atom. The van der Waals surface area contributed by atoms with Gasteiger partial charge >= 0.3 is 11.1 Å². The highest BCUT2D eigenvalue weighted by molar-refractivity contribution is 6.30. The second-order valence-corrected chi connectivity index (χ2v) is 5.73. The first kappa shape index (κ1) is 14.1. The van der Waals surface area contributed by atoms with Gasteiger partial charge in [0, 0.05) is 18.9 Å². The molecule has 21 heavy (non-hydrogen) atoms. The molecule has 1 aromatic carbocycles. The van der Waals surface area contributed by atoms with Crippen LogP contribution >= 0.6 is 11.6 Å². The minimum absolute atomic E-state index is 0.0851. The van der Waals surface area contributed by atoms with E-state index in [4.69, 9.17) is 11.6 Å². The Labute approximate surface area is 125 Å². The fraction of sp³-hybridized carbons (Fsp3) is 0.333. The quantitative estimate of drug-likeness (QED) is 0.818. The third-order valence-corrected chi connectivity index (χ3v) is 4.21. The molecule has 0 N–H and O–H groups in total. The van der Waals surface area contributed by atoms with Crippen LogP contribution in [0.25, 0.3) is 5.69 Å². The van der Waals surface area contributed by atoms with Crippen LogP contribution in [0.1, 0.15) is 19.3 Å². The van der Waals surface area contributed by atoms with E-state index in [0.717, 1.165) is 12.8 Å². The SMILES string of the molecule is O=c1c(=O)n(-c2ccc(F)c(Cl)c2)ccn1CC1CCC1. The predicted molar refractivity (Wildman–Crippen MR) is 78.6 cm³/mol. The Bertz CT molecular complexity index is 793. The van der Waals surface area contributed by atoms with E-state index in [2.05, 4.69) is 0 Å². The fourth-order valence-electron chi connectivity index (χ4n) is 2.44. The van der Waals surface area contributed by atoms with E-state index in [9.17, 15) is 14.0 Å². The molecule has 0 atom stereocenters. The van der Waals surface area contributed by atoms with E-state index in [1.165, 1.54) is 40.0 Å². The summed E-state index contributed by atoms with van der Waals surface area (Å²) in [5.74, 6) is -0.0787. The first-order chi connectivity index (χ1) is 10.1. The summed E-state index contributed by atoms with van der Waals surface area (Å²) in [6, 6.07) is 3.91. The number of rotatable bonds is 3. The molecule has 0 unspecified atom stereocenters. The first-order valence-corrected chi connectivity index (χ1v) is 7.21. The Morgan fingerprint density at radius 2 is 1.95 bits per heavy atom. The maximum absolute atomic E-state index is 13.2. The van der Waals surface area contributed by atoms with Gasteiger partial charge in [-0.15, -0.1) is 0 Å². The van der Waals surface area contributed by atoms with Crippen molar-refractivity contribution in [2.24, 2.45) is 5.92 Å². The van der Waals surface area contributed by atoms with E-state index in [1.54, 1.807) is 6.20 Å². The molecule has 110 valence electrons. The second-order valence-electron chi connectivity index (χ2n) is 5.33. The zero-order valence-corrected chi connectivity index (χ0v) is 12.0. The normalized spacial score (nSPS) is 15.0. The van der Waals surface area contributed by atoms with Crippen LogP contribution in [-0.2, 0) is 6.54 Å². The summed E-state index contributed by atoms with van der Waals surface area (Å²) in [4.78, 5) is 24.3. The molecule has 3 rings (SSSR count). The van der Waals surface area contributed by atoms with Gasteiger partial charge in [0.1, 0.15) is 5.82 Å². The number of hydrogen-bond acceptors (Lipinski definition) is 2. The highest BCUT2D eigenvalue weighted by Crippen LogP contribution is 2.27. The highest BCUT2D eigenvalue weighted by atomic mass is 35.5.